The number of esters is 1. The van der Waals surface area contributed by atoms with Crippen LogP contribution in [0, 0.1) is 23.7 Å². The Morgan fingerprint density at radius 1 is 0.724 bits per heavy atom. The number of fused-ring (bicyclic) bond motifs is 8. The number of allylic oxidation sites excluding steroid dienone is 5. The number of carbonyl (C=O) groups excluding carboxylic acids is 6. The van der Waals surface area contributed by atoms with Crippen LogP contribution in [-0.4, -0.2) is 316 Å². The number of alkyl carbamates (subject to hydrolysis) is 1. The lowest BCUT2D eigenvalue weighted by Gasteiger charge is -2.40. The van der Waals surface area contributed by atoms with E-state index in [9.17, 15) is 54.3 Å². The van der Waals surface area contributed by atoms with Gasteiger partial charge in [0.1, 0.15) is 53.8 Å². The van der Waals surface area contributed by atoms with Crippen LogP contribution in [0.4, 0.5) is 16.6 Å². The number of amides is 3. The average Bonchev–Trinajstić information content (AvgIpc) is 1.59. The van der Waals surface area contributed by atoms with Crippen molar-refractivity contribution in [1.29, 1.82) is 0 Å². The third-order valence-corrected chi connectivity index (χ3v) is 25.8. The second-order valence-corrected chi connectivity index (χ2v) is 35.2. The lowest BCUT2D eigenvalue weighted by Crippen LogP contribution is -2.58. The molecule has 3 amide bonds. The molecule has 4 bridgehead atoms. The van der Waals surface area contributed by atoms with E-state index in [4.69, 9.17) is 74.1 Å². The molecule has 35 heteroatoms. The molecule has 2 aromatic carbocycles. The first-order valence-corrected chi connectivity index (χ1v) is 45.3. The Hall–Kier alpha value is -8.60. The second kappa shape index (κ2) is 47.3. The first kappa shape index (κ1) is 97.5. The Labute approximate surface area is 742 Å². The standard InChI is InChI=1S/C92H133N13O22/c1-57-13-8-7-9-14-58(2)77(117-6)50-69-15-12-25-92(116,127-69)85(112)88(113)104-27-11-10-16-72(104)89(114)124-78(51-73(106)59(3)44-61(5)83(110)84(111)82(109)60(4)43-57)70(93)46-62-18-21-76(74(107)47-62)126-91(115)96-26-32-119-36-37-120-33-29-101-54-68-49-67(101)55-102(68)30-34-121-38-40-123-42-41-122-39-35-118-31-24-79(108)103-28-23-64-45-63(17-19-66(64)53-103)52-105-87-80(86(94)97-56-98-87)81(100-105)65-20-22-75-71(48-65)99-90(95)125-75/h7-9,13-14,17,19-20,22,44-45,48,56-57,59-60,62,67-70,72-74,76-78,83-84,106-107,110-111,116H,10-12,15-16,18,21,23-43,46-47,49-55,93H2,1-6H3,(H2,95,99)(H,96,115)(H2,94,97,98)/b9-7+,13-8+,58-14+,61-44+/t57-,59-,60-,62+,67+,68+,69+,70-,72+,73-,74-,76-,77+,78+,83-,84+,92-/m1/s1. The minimum absolute atomic E-state index is 0.0114. The van der Waals surface area contributed by atoms with E-state index in [1.54, 1.807) is 40.0 Å². The van der Waals surface area contributed by atoms with E-state index in [2.05, 4.69) is 48.3 Å². The van der Waals surface area contributed by atoms with Crippen LogP contribution in [0.2, 0.25) is 0 Å². The Bertz CT molecular complexity index is 4600. The molecular formula is C92H133N13O22. The van der Waals surface area contributed by atoms with Crippen LogP contribution in [-0.2, 0) is 90.9 Å². The highest BCUT2D eigenvalue weighted by atomic mass is 16.6. The maximum Gasteiger partial charge on any atom is 0.407 e. The Balaban J connectivity index is 0.485. The minimum atomic E-state index is -2.46. The van der Waals surface area contributed by atoms with Gasteiger partial charge < -0.3 is 110 Å². The van der Waals surface area contributed by atoms with Gasteiger partial charge in [-0.2, -0.15) is 10.1 Å². The van der Waals surface area contributed by atoms with Crippen molar-refractivity contribution in [1.82, 2.24) is 49.6 Å². The summed E-state index contributed by atoms with van der Waals surface area (Å²) in [6.45, 7) is 19.2. The van der Waals surface area contributed by atoms with E-state index in [0.29, 0.717) is 183 Å². The number of aromatic nitrogens is 5. The molecule has 127 heavy (non-hydrogen) atoms. The normalized spacial score (nSPS) is 29.4. The largest absolute Gasteiger partial charge is 0.459 e. The van der Waals surface area contributed by atoms with E-state index in [1.807, 2.05) is 65.9 Å². The number of oxazole rings is 1. The number of piperazine rings is 1. The number of aliphatic hydroxyl groups excluding tert-OH is 4. The van der Waals surface area contributed by atoms with Gasteiger partial charge in [0.25, 0.3) is 17.7 Å². The number of aliphatic hydroxyl groups is 5. The maximum atomic E-state index is 14.6. The number of hydrogen-bond donors (Lipinski definition) is 9. The van der Waals surface area contributed by atoms with Crippen LogP contribution in [0.5, 0.6) is 0 Å². The number of carbonyl (C=O) groups is 6. The fraction of sp³-hybridized carbons (Fsp3) is 0.652. The number of nitrogens with zero attached hydrogens (tertiary/aromatic N) is 9. The molecule has 9 heterocycles. The van der Waals surface area contributed by atoms with Gasteiger partial charge >= 0.3 is 12.1 Å². The predicted molar refractivity (Wildman–Crippen MR) is 470 cm³/mol. The first-order chi connectivity index (χ1) is 61.2. The number of anilines is 2. The zero-order chi connectivity index (χ0) is 90.3. The van der Waals surface area contributed by atoms with Gasteiger partial charge in [-0.3, -0.25) is 29.0 Å². The number of ether oxygens (including phenoxy) is 10. The summed E-state index contributed by atoms with van der Waals surface area (Å²) in [6.07, 6.45) is 8.29. The summed E-state index contributed by atoms with van der Waals surface area (Å²) in [7, 11) is 1.55. The highest BCUT2D eigenvalue weighted by Gasteiger charge is 2.50. The molecule has 1 saturated carbocycles. The number of benzene rings is 2. The fourth-order valence-electron chi connectivity index (χ4n) is 18.6. The molecule has 1 aliphatic carbocycles. The maximum absolute atomic E-state index is 14.6. The first-order valence-electron chi connectivity index (χ1n) is 45.3. The smallest absolute Gasteiger partial charge is 0.407 e. The average molecular weight is 1770 g/mol. The molecule has 0 unspecified atom stereocenters. The van der Waals surface area contributed by atoms with Gasteiger partial charge in [-0.1, -0.05) is 75.4 Å². The van der Waals surface area contributed by atoms with Gasteiger partial charge in [0.15, 0.2) is 17.0 Å². The minimum Gasteiger partial charge on any atom is -0.459 e. The summed E-state index contributed by atoms with van der Waals surface area (Å²) >= 11 is 0. The lowest BCUT2D eigenvalue weighted by molar-refractivity contribution is -0.245. The molecule has 5 fully saturated rings. The molecule has 698 valence electrons. The number of hydrogen-bond acceptors (Lipinski definition) is 31. The SMILES string of the molecule is CO[C@H]1C[C@@H]2CCC[C@@](O)(O2)C(=O)C(=O)N2CCCC[C@H]2C(=O)O[C@H]([C@H](N)C[C@@H]2CC[C@@H](OC(=O)NCCOCCOCCN3C[C@@H]4C[C@H]3CN4CCOCCOCCOCCOCCC(=O)N3CCc4cc(Cn5nc(-c6ccc7oc(N)nc7c6)c6c(N)ncnc65)ccc4C3)[C@H](O)C2)C[C@@H](O)[C@H](C)/C=C(\C)[C@@H](O)[C@@H](O)C(=O)[C@H](C)C[C@H](C)/C=C/C=C/C=C/1C. The van der Waals surface area contributed by atoms with Crippen LogP contribution in [0.3, 0.4) is 0 Å². The molecule has 0 radical (unpaired) electrons. The third-order valence-electron chi connectivity index (χ3n) is 25.8. The van der Waals surface area contributed by atoms with Crippen LogP contribution in [0.1, 0.15) is 148 Å². The van der Waals surface area contributed by atoms with E-state index in [0.717, 1.165) is 66.2 Å². The van der Waals surface area contributed by atoms with Crippen molar-refractivity contribution in [2.24, 2.45) is 29.4 Å². The monoisotopic (exact) mass is 1770 g/mol. The summed E-state index contributed by atoms with van der Waals surface area (Å²) < 4.78 is 65.9. The number of nitrogen functional groups attached to an aromatic ring is 2. The molecule has 12 rings (SSSR count). The van der Waals surface area contributed by atoms with Crippen molar-refractivity contribution in [3.05, 3.63) is 107 Å². The number of Topliss-reactive ketones (excluding diaryl/α,β-unsaturated/α-hetero) is 2. The number of cyclic esters (lactones) is 1. The summed E-state index contributed by atoms with van der Waals surface area (Å²) in [5, 5.41) is 65.9. The highest BCUT2D eigenvalue weighted by molar-refractivity contribution is 6.39. The van der Waals surface area contributed by atoms with Gasteiger partial charge in [0, 0.05) is 114 Å². The van der Waals surface area contributed by atoms with Crippen LogP contribution in [0.25, 0.3) is 33.4 Å². The van der Waals surface area contributed by atoms with Crippen molar-refractivity contribution < 1.29 is 106 Å². The quantitative estimate of drug-likeness (QED) is 0.0106. The number of nitrogens with one attached hydrogen (secondary N) is 1. The molecular weight excluding hydrogens is 1640 g/mol. The second-order valence-electron chi connectivity index (χ2n) is 35.2. The number of likely N-dealkylation sites (tertiary alicyclic amines) is 2. The van der Waals surface area contributed by atoms with Gasteiger partial charge in [-0.15, -0.1) is 0 Å². The van der Waals surface area contributed by atoms with Crippen LogP contribution in [0.15, 0.2) is 94.7 Å². The van der Waals surface area contributed by atoms with Gasteiger partial charge in [0.05, 0.1) is 122 Å². The molecule has 17 atom stereocenters. The molecule has 0 spiro atoms. The van der Waals surface area contributed by atoms with E-state index in [1.165, 1.54) is 11.9 Å². The highest BCUT2D eigenvalue weighted by Crippen LogP contribution is 2.38. The molecule has 5 aromatic rings. The lowest BCUT2D eigenvalue weighted by atomic mass is 9.80. The zero-order valence-electron chi connectivity index (χ0n) is 74.3. The number of rotatable bonds is 32. The number of ketones is 2. The predicted octanol–water partition coefficient (Wildman–Crippen LogP) is 5.84. The molecule has 7 aliphatic rings. The van der Waals surface area contributed by atoms with E-state index in [-0.39, 0.29) is 94.0 Å². The number of piperidine rings is 1. The van der Waals surface area contributed by atoms with Crippen molar-refractivity contribution in [3.63, 3.8) is 0 Å². The van der Waals surface area contributed by atoms with Crippen molar-refractivity contribution >= 4 is 69.4 Å². The van der Waals surface area contributed by atoms with Crippen LogP contribution < -0.4 is 22.5 Å². The molecule has 4 saturated heterocycles. The van der Waals surface area contributed by atoms with Crippen LogP contribution >= 0.6 is 0 Å². The fourth-order valence-corrected chi connectivity index (χ4v) is 18.6. The van der Waals surface area contributed by atoms with Gasteiger partial charge in [-0.05, 0) is 149 Å². The Morgan fingerprint density at radius 3 is 2.14 bits per heavy atom. The zero-order valence-corrected chi connectivity index (χ0v) is 74.3. The third kappa shape index (κ3) is 26.8. The van der Waals surface area contributed by atoms with Gasteiger partial charge in [-0.25, -0.2) is 24.2 Å². The summed E-state index contributed by atoms with van der Waals surface area (Å²) in [5.74, 6) is -7.48. The van der Waals surface area contributed by atoms with E-state index >= 15 is 0 Å². The number of nitrogens with two attached hydrogens (primary N) is 3. The van der Waals surface area contributed by atoms with E-state index < -0.39 is 108 Å². The molecule has 6 aliphatic heterocycles. The summed E-state index contributed by atoms with van der Waals surface area (Å²) in [6, 6.07) is 10.7. The summed E-state index contributed by atoms with van der Waals surface area (Å²) in [4.78, 5) is 104. The molecule has 35 nitrogen and oxygen atoms in total. The molecule has 3 aromatic heterocycles. The molecule has 12 N–H and O–H groups in total. The van der Waals surface area contributed by atoms with Gasteiger partial charge in [0.2, 0.25) is 11.7 Å². The Morgan fingerprint density at radius 2 is 1.43 bits per heavy atom. The summed E-state index contributed by atoms with van der Waals surface area (Å²) in [5.41, 5.74) is 26.8. The van der Waals surface area contributed by atoms with Crippen molar-refractivity contribution in [2.45, 2.75) is 229 Å². The van der Waals surface area contributed by atoms with Crippen molar-refractivity contribution in [3.8, 4) is 11.3 Å². The number of methoxy groups -OCH3 is 1. The topological polar surface area (TPSA) is 469 Å². The Kier molecular flexibility index (Phi) is 36.3. The van der Waals surface area contributed by atoms with Crippen molar-refractivity contribution in [2.75, 3.05) is 144 Å².